The average molecular weight is 365 g/mol. The van der Waals surface area contributed by atoms with Gasteiger partial charge in [-0.3, -0.25) is 4.79 Å². The first-order chi connectivity index (χ1) is 11.6. The first-order valence-corrected chi connectivity index (χ1v) is 8.71. The lowest BCUT2D eigenvalue weighted by atomic mass is 9.92. The molecular weight excluding hydrogens is 347 g/mol. The number of aromatic nitrogens is 1. The summed E-state index contributed by atoms with van der Waals surface area (Å²) < 4.78 is 5.86. The molecule has 3 rings (SSSR count). The standard InChI is InChI=1S/C18H18Cl2N2O2/c19-12-5-10-17(21-11-12)24-14-8-6-13(7-9-14)22-18(23)15-3-1-2-4-16(15)20/h1-5,10-11,13-14H,6-9H2,(H,22,23). The fraction of sp³-hybridized carbons (Fsp3) is 0.333. The summed E-state index contributed by atoms with van der Waals surface area (Å²) in [6.45, 7) is 0. The molecule has 1 aromatic carbocycles. The molecule has 24 heavy (non-hydrogen) atoms. The van der Waals surface area contributed by atoms with E-state index in [4.69, 9.17) is 27.9 Å². The lowest BCUT2D eigenvalue weighted by molar-refractivity contribution is 0.0890. The molecule has 1 aromatic heterocycles. The number of ether oxygens (including phenoxy) is 1. The van der Waals surface area contributed by atoms with Gasteiger partial charge in [-0.15, -0.1) is 0 Å². The fourth-order valence-electron chi connectivity index (χ4n) is 2.84. The topological polar surface area (TPSA) is 51.2 Å². The number of hydrogen-bond acceptors (Lipinski definition) is 3. The van der Waals surface area contributed by atoms with Gasteiger partial charge in [0.2, 0.25) is 5.88 Å². The van der Waals surface area contributed by atoms with Crippen molar-refractivity contribution in [2.24, 2.45) is 0 Å². The van der Waals surface area contributed by atoms with Crippen molar-refractivity contribution >= 4 is 29.1 Å². The van der Waals surface area contributed by atoms with E-state index in [1.807, 2.05) is 12.1 Å². The van der Waals surface area contributed by atoms with Gasteiger partial charge < -0.3 is 10.1 Å². The second-order valence-electron chi connectivity index (χ2n) is 5.86. The van der Waals surface area contributed by atoms with Crippen LogP contribution in [0.4, 0.5) is 0 Å². The highest BCUT2D eigenvalue weighted by atomic mass is 35.5. The van der Waals surface area contributed by atoms with Crippen LogP contribution in [0.15, 0.2) is 42.6 Å². The number of benzene rings is 1. The molecule has 1 aliphatic carbocycles. The molecule has 0 saturated heterocycles. The number of rotatable bonds is 4. The van der Waals surface area contributed by atoms with Crippen molar-refractivity contribution in [3.05, 3.63) is 58.2 Å². The summed E-state index contributed by atoms with van der Waals surface area (Å²) in [7, 11) is 0. The van der Waals surface area contributed by atoms with Crippen molar-refractivity contribution in [1.29, 1.82) is 0 Å². The van der Waals surface area contributed by atoms with E-state index < -0.39 is 0 Å². The maximum atomic E-state index is 12.3. The normalized spacial score (nSPS) is 20.4. The summed E-state index contributed by atoms with van der Waals surface area (Å²) in [5.74, 6) is 0.465. The number of nitrogens with one attached hydrogen (secondary N) is 1. The Balaban J connectivity index is 1.49. The van der Waals surface area contributed by atoms with Crippen molar-refractivity contribution in [2.75, 3.05) is 0 Å². The van der Waals surface area contributed by atoms with Crippen LogP contribution in [0.1, 0.15) is 36.0 Å². The third-order valence-corrected chi connectivity index (χ3v) is 4.67. The Labute approximate surface area is 151 Å². The molecule has 1 amide bonds. The minimum atomic E-state index is -0.121. The molecule has 0 radical (unpaired) electrons. The highest BCUT2D eigenvalue weighted by Crippen LogP contribution is 2.24. The maximum absolute atomic E-state index is 12.3. The van der Waals surface area contributed by atoms with Gasteiger partial charge >= 0.3 is 0 Å². The monoisotopic (exact) mass is 364 g/mol. The minimum Gasteiger partial charge on any atom is -0.474 e. The first kappa shape index (κ1) is 17.1. The Morgan fingerprint density at radius 3 is 2.50 bits per heavy atom. The van der Waals surface area contributed by atoms with Crippen molar-refractivity contribution in [2.45, 2.75) is 37.8 Å². The molecule has 6 heteroatoms. The van der Waals surface area contributed by atoms with Crippen LogP contribution in [-0.4, -0.2) is 23.0 Å². The first-order valence-electron chi connectivity index (χ1n) is 7.95. The van der Waals surface area contributed by atoms with E-state index in [0.29, 0.717) is 21.5 Å². The molecule has 0 spiro atoms. The summed E-state index contributed by atoms with van der Waals surface area (Å²) >= 11 is 11.9. The van der Waals surface area contributed by atoms with Crippen molar-refractivity contribution in [3.8, 4) is 5.88 Å². The number of carbonyl (C=O) groups excluding carboxylic acids is 1. The second-order valence-corrected chi connectivity index (χ2v) is 6.70. The van der Waals surface area contributed by atoms with Crippen LogP contribution in [-0.2, 0) is 0 Å². The number of hydrogen-bond donors (Lipinski definition) is 1. The molecule has 0 unspecified atom stereocenters. The minimum absolute atomic E-state index is 0.118. The molecule has 1 aliphatic rings. The molecule has 0 aliphatic heterocycles. The molecule has 0 bridgehead atoms. The van der Waals surface area contributed by atoms with Gasteiger partial charge in [0.1, 0.15) is 6.10 Å². The predicted octanol–water partition coefficient (Wildman–Crippen LogP) is 4.51. The van der Waals surface area contributed by atoms with Gasteiger partial charge in [-0.25, -0.2) is 4.98 Å². The van der Waals surface area contributed by atoms with Crippen LogP contribution < -0.4 is 10.1 Å². The summed E-state index contributed by atoms with van der Waals surface area (Å²) in [4.78, 5) is 16.4. The van der Waals surface area contributed by atoms with Gasteiger partial charge in [-0.1, -0.05) is 35.3 Å². The van der Waals surface area contributed by atoms with E-state index in [9.17, 15) is 4.79 Å². The van der Waals surface area contributed by atoms with E-state index in [-0.39, 0.29) is 18.1 Å². The van der Waals surface area contributed by atoms with Crippen LogP contribution in [0.5, 0.6) is 5.88 Å². The quantitative estimate of drug-likeness (QED) is 0.868. The molecular formula is C18H18Cl2N2O2. The van der Waals surface area contributed by atoms with Gasteiger partial charge in [0, 0.05) is 18.3 Å². The largest absolute Gasteiger partial charge is 0.474 e. The maximum Gasteiger partial charge on any atom is 0.253 e. The summed E-state index contributed by atoms with van der Waals surface area (Å²) in [5, 5.41) is 4.12. The zero-order chi connectivity index (χ0) is 16.9. The average Bonchev–Trinajstić information content (AvgIpc) is 2.59. The van der Waals surface area contributed by atoms with Crippen LogP contribution in [0.3, 0.4) is 0 Å². The summed E-state index contributed by atoms with van der Waals surface area (Å²) in [5.41, 5.74) is 0.517. The molecule has 1 saturated carbocycles. The van der Waals surface area contributed by atoms with Gasteiger partial charge in [-0.2, -0.15) is 0 Å². The lowest BCUT2D eigenvalue weighted by Gasteiger charge is -2.29. The van der Waals surface area contributed by atoms with E-state index in [2.05, 4.69) is 10.3 Å². The lowest BCUT2D eigenvalue weighted by Crippen LogP contribution is -2.39. The number of amides is 1. The fourth-order valence-corrected chi connectivity index (χ4v) is 3.17. The summed E-state index contributed by atoms with van der Waals surface area (Å²) in [6, 6.07) is 10.8. The van der Waals surface area contributed by atoms with Gasteiger partial charge in [0.15, 0.2) is 0 Å². The van der Waals surface area contributed by atoms with Crippen molar-refractivity contribution < 1.29 is 9.53 Å². The molecule has 1 N–H and O–H groups in total. The van der Waals surface area contributed by atoms with Crippen LogP contribution in [0.25, 0.3) is 0 Å². The second kappa shape index (κ2) is 7.86. The zero-order valence-corrected chi connectivity index (χ0v) is 14.6. The molecule has 2 aromatic rings. The van der Waals surface area contributed by atoms with Crippen LogP contribution in [0.2, 0.25) is 10.0 Å². The van der Waals surface area contributed by atoms with E-state index in [0.717, 1.165) is 25.7 Å². The van der Waals surface area contributed by atoms with Gasteiger partial charge in [-0.05, 0) is 43.9 Å². The van der Waals surface area contributed by atoms with E-state index in [1.165, 1.54) is 0 Å². The van der Waals surface area contributed by atoms with Gasteiger partial charge in [0.05, 0.1) is 15.6 Å². The number of pyridine rings is 1. The summed E-state index contributed by atoms with van der Waals surface area (Å²) in [6.07, 6.45) is 5.18. The van der Waals surface area contributed by atoms with Crippen molar-refractivity contribution in [3.63, 3.8) is 0 Å². The molecule has 1 heterocycles. The van der Waals surface area contributed by atoms with Crippen LogP contribution in [0, 0.1) is 0 Å². The predicted molar refractivity (Wildman–Crippen MR) is 94.8 cm³/mol. The molecule has 0 atom stereocenters. The zero-order valence-electron chi connectivity index (χ0n) is 13.0. The Kier molecular flexibility index (Phi) is 5.59. The number of halogens is 2. The highest BCUT2D eigenvalue weighted by Gasteiger charge is 2.24. The van der Waals surface area contributed by atoms with E-state index >= 15 is 0 Å². The van der Waals surface area contributed by atoms with Crippen LogP contribution >= 0.6 is 23.2 Å². The number of carbonyl (C=O) groups is 1. The Hall–Kier alpha value is -1.78. The van der Waals surface area contributed by atoms with Crippen molar-refractivity contribution in [1.82, 2.24) is 10.3 Å². The third kappa shape index (κ3) is 4.40. The SMILES string of the molecule is O=C(NC1CCC(Oc2ccc(Cl)cn2)CC1)c1ccccc1Cl. The Morgan fingerprint density at radius 1 is 1.08 bits per heavy atom. The van der Waals surface area contributed by atoms with E-state index in [1.54, 1.807) is 30.5 Å². The van der Waals surface area contributed by atoms with Gasteiger partial charge in [0.25, 0.3) is 5.91 Å². The molecule has 4 nitrogen and oxygen atoms in total. The Morgan fingerprint density at radius 2 is 1.83 bits per heavy atom. The molecule has 1 fully saturated rings. The molecule has 126 valence electrons. The highest BCUT2D eigenvalue weighted by molar-refractivity contribution is 6.33. The third-order valence-electron chi connectivity index (χ3n) is 4.12. The number of nitrogens with zero attached hydrogens (tertiary/aromatic N) is 1. The smallest absolute Gasteiger partial charge is 0.253 e. The Bertz CT molecular complexity index is 698.